The minimum Gasteiger partial charge on any atom is -0.319 e. The predicted octanol–water partition coefficient (Wildman–Crippen LogP) is 3.03. The first-order valence-electron chi connectivity index (χ1n) is 5.33. The fourth-order valence-corrected chi connectivity index (χ4v) is 1.63. The highest BCUT2D eigenvalue weighted by Gasteiger charge is 2.15. The second-order valence-electron chi connectivity index (χ2n) is 3.76. The smallest absolute Gasteiger partial charge is 0.273 e. The van der Waals surface area contributed by atoms with Gasteiger partial charge in [0.2, 0.25) is 0 Å². The molecule has 1 amide bonds. The Morgan fingerprint density at radius 1 is 1.40 bits per heavy atom. The van der Waals surface area contributed by atoms with Crippen LogP contribution in [0.15, 0.2) is 36.7 Å². The van der Waals surface area contributed by atoms with E-state index in [-0.39, 0.29) is 16.3 Å². The topological polar surface area (TPSA) is 85.1 Å². The van der Waals surface area contributed by atoms with E-state index in [4.69, 9.17) is 11.6 Å². The fourth-order valence-electron chi connectivity index (χ4n) is 1.47. The number of carbonyl (C=O) groups excluding carboxylic acids is 1. The molecule has 2 aromatic rings. The molecule has 20 heavy (non-hydrogen) atoms. The summed E-state index contributed by atoms with van der Waals surface area (Å²) < 4.78 is 13.2. The van der Waals surface area contributed by atoms with Gasteiger partial charge in [-0.2, -0.15) is 0 Å². The van der Waals surface area contributed by atoms with Crippen molar-refractivity contribution in [3.8, 4) is 0 Å². The number of aromatic nitrogens is 1. The summed E-state index contributed by atoms with van der Waals surface area (Å²) >= 11 is 5.83. The van der Waals surface area contributed by atoms with Crippen LogP contribution in [0.3, 0.4) is 0 Å². The average Bonchev–Trinajstić information content (AvgIpc) is 2.40. The van der Waals surface area contributed by atoms with Gasteiger partial charge in [0.25, 0.3) is 11.6 Å². The Bertz CT molecular complexity index is 693. The first-order valence-corrected chi connectivity index (χ1v) is 5.71. The lowest BCUT2D eigenvalue weighted by Gasteiger charge is -2.06. The van der Waals surface area contributed by atoms with Crippen molar-refractivity contribution in [3.05, 3.63) is 63.2 Å². The summed E-state index contributed by atoms with van der Waals surface area (Å²) in [6.07, 6.45) is 2.75. The molecule has 0 aliphatic carbocycles. The summed E-state index contributed by atoms with van der Waals surface area (Å²) in [6, 6.07) is 4.06. The number of pyridine rings is 1. The summed E-state index contributed by atoms with van der Waals surface area (Å²) in [7, 11) is 0. The number of non-ortho nitro benzene ring substituents is 1. The van der Waals surface area contributed by atoms with Crippen LogP contribution in [0.25, 0.3) is 0 Å². The largest absolute Gasteiger partial charge is 0.319 e. The van der Waals surface area contributed by atoms with E-state index in [0.717, 1.165) is 18.2 Å². The highest BCUT2D eigenvalue weighted by molar-refractivity contribution is 6.33. The number of hydrogen-bond donors (Lipinski definition) is 1. The molecule has 0 bridgehead atoms. The van der Waals surface area contributed by atoms with Crippen LogP contribution in [0, 0.1) is 15.9 Å². The van der Waals surface area contributed by atoms with Crippen LogP contribution in [0.4, 0.5) is 15.8 Å². The number of rotatable bonds is 3. The third-order valence-electron chi connectivity index (χ3n) is 2.37. The molecule has 1 heterocycles. The standard InChI is InChI=1S/C12H7ClFN3O3/c13-10-1-2-15-6-11(10)16-12(18)7-3-8(14)5-9(4-7)17(19)20/h1-6H,(H,16,18). The van der Waals surface area contributed by atoms with Crippen LogP contribution in [-0.4, -0.2) is 15.8 Å². The number of nitro benzene ring substituents is 1. The van der Waals surface area contributed by atoms with Crippen molar-refractivity contribution in [2.75, 3.05) is 5.32 Å². The number of nitrogens with zero attached hydrogens (tertiary/aromatic N) is 2. The molecule has 0 unspecified atom stereocenters. The van der Waals surface area contributed by atoms with Crippen LogP contribution in [0.1, 0.15) is 10.4 Å². The highest BCUT2D eigenvalue weighted by Crippen LogP contribution is 2.21. The quantitative estimate of drug-likeness (QED) is 0.696. The van der Waals surface area contributed by atoms with Crippen LogP contribution < -0.4 is 5.32 Å². The van der Waals surface area contributed by atoms with E-state index < -0.39 is 22.3 Å². The Hall–Kier alpha value is -2.54. The lowest BCUT2D eigenvalue weighted by atomic mass is 10.2. The molecule has 2 rings (SSSR count). The number of carbonyl (C=O) groups is 1. The number of hydrogen-bond acceptors (Lipinski definition) is 4. The minimum atomic E-state index is -0.873. The van der Waals surface area contributed by atoms with Crippen molar-refractivity contribution in [2.24, 2.45) is 0 Å². The van der Waals surface area contributed by atoms with Gasteiger partial charge in [0.1, 0.15) is 5.82 Å². The van der Waals surface area contributed by atoms with Gasteiger partial charge in [-0.15, -0.1) is 0 Å². The van der Waals surface area contributed by atoms with Gasteiger partial charge in [0.15, 0.2) is 0 Å². The van der Waals surface area contributed by atoms with Gasteiger partial charge >= 0.3 is 0 Å². The van der Waals surface area contributed by atoms with E-state index in [1.54, 1.807) is 0 Å². The van der Waals surface area contributed by atoms with Crippen molar-refractivity contribution in [2.45, 2.75) is 0 Å². The zero-order valence-corrected chi connectivity index (χ0v) is 10.6. The van der Waals surface area contributed by atoms with E-state index in [1.807, 2.05) is 0 Å². The van der Waals surface area contributed by atoms with E-state index in [2.05, 4.69) is 10.3 Å². The molecule has 0 saturated carbocycles. The Balaban J connectivity index is 2.30. The van der Waals surface area contributed by atoms with Gasteiger partial charge < -0.3 is 5.32 Å². The average molecular weight is 296 g/mol. The van der Waals surface area contributed by atoms with E-state index in [0.29, 0.717) is 0 Å². The maximum Gasteiger partial charge on any atom is 0.273 e. The number of nitro groups is 1. The van der Waals surface area contributed by atoms with Gasteiger partial charge in [0, 0.05) is 17.8 Å². The van der Waals surface area contributed by atoms with Crippen molar-refractivity contribution < 1.29 is 14.1 Å². The van der Waals surface area contributed by atoms with Crippen LogP contribution >= 0.6 is 11.6 Å². The summed E-state index contributed by atoms with van der Waals surface area (Å²) in [5.41, 5.74) is -0.463. The first-order chi connectivity index (χ1) is 9.47. The fraction of sp³-hybridized carbons (Fsp3) is 0. The molecule has 1 aromatic carbocycles. The highest BCUT2D eigenvalue weighted by atomic mass is 35.5. The first kappa shape index (κ1) is 13.9. The predicted molar refractivity (Wildman–Crippen MR) is 70.3 cm³/mol. The molecule has 1 N–H and O–H groups in total. The number of halogens is 2. The molecule has 0 saturated heterocycles. The Kier molecular flexibility index (Phi) is 3.90. The molecular formula is C12H7ClFN3O3. The summed E-state index contributed by atoms with van der Waals surface area (Å²) in [5.74, 6) is -1.59. The number of anilines is 1. The van der Waals surface area contributed by atoms with Crippen molar-refractivity contribution in [3.63, 3.8) is 0 Å². The number of amides is 1. The summed E-state index contributed by atoms with van der Waals surface area (Å²) in [6.45, 7) is 0. The Morgan fingerprint density at radius 2 is 2.15 bits per heavy atom. The van der Waals surface area contributed by atoms with E-state index in [1.165, 1.54) is 18.5 Å². The molecule has 0 fully saturated rings. The Morgan fingerprint density at radius 3 is 2.80 bits per heavy atom. The van der Waals surface area contributed by atoms with Gasteiger partial charge in [-0.25, -0.2) is 4.39 Å². The lowest BCUT2D eigenvalue weighted by molar-refractivity contribution is -0.385. The molecule has 102 valence electrons. The zero-order chi connectivity index (χ0) is 14.7. The maximum absolute atomic E-state index is 13.2. The molecule has 8 heteroatoms. The zero-order valence-electron chi connectivity index (χ0n) is 9.84. The van der Waals surface area contributed by atoms with Crippen LogP contribution in [0.5, 0.6) is 0 Å². The van der Waals surface area contributed by atoms with Crippen molar-refractivity contribution >= 4 is 28.9 Å². The molecule has 1 aromatic heterocycles. The molecule has 0 atom stereocenters. The van der Waals surface area contributed by atoms with Gasteiger partial charge in [-0.3, -0.25) is 19.9 Å². The second-order valence-corrected chi connectivity index (χ2v) is 4.17. The third-order valence-corrected chi connectivity index (χ3v) is 2.70. The molecule has 0 aliphatic heterocycles. The lowest BCUT2D eigenvalue weighted by Crippen LogP contribution is -2.13. The maximum atomic E-state index is 13.2. The van der Waals surface area contributed by atoms with Gasteiger partial charge in [-0.05, 0) is 12.1 Å². The van der Waals surface area contributed by atoms with Crippen molar-refractivity contribution in [1.29, 1.82) is 0 Å². The number of nitrogens with one attached hydrogen (secondary N) is 1. The Labute approximate surface area is 117 Å². The second kappa shape index (κ2) is 5.62. The third kappa shape index (κ3) is 3.07. The molecule has 6 nitrogen and oxygen atoms in total. The molecule has 0 aliphatic rings. The molecule has 0 spiro atoms. The molecule has 0 radical (unpaired) electrons. The van der Waals surface area contributed by atoms with E-state index >= 15 is 0 Å². The van der Waals surface area contributed by atoms with Crippen molar-refractivity contribution in [1.82, 2.24) is 4.98 Å². The van der Waals surface area contributed by atoms with Crippen LogP contribution in [-0.2, 0) is 0 Å². The minimum absolute atomic E-state index is 0.184. The van der Waals surface area contributed by atoms with Gasteiger partial charge in [0.05, 0.1) is 27.9 Å². The summed E-state index contributed by atoms with van der Waals surface area (Å²) in [4.78, 5) is 25.5. The SMILES string of the molecule is O=C(Nc1cnccc1Cl)c1cc(F)cc([N+](=O)[O-])c1. The summed E-state index contributed by atoms with van der Waals surface area (Å²) in [5, 5.41) is 13.3. The normalized spacial score (nSPS) is 10.1. The van der Waals surface area contributed by atoms with Crippen LogP contribution in [0.2, 0.25) is 5.02 Å². The van der Waals surface area contributed by atoms with Gasteiger partial charge in [-0.1, -0.05) is 11.6 Å². The van der Waals surface area contributed by atoms with E-state index in [9.17, 15) is 19.3 Å². The molecular weight excluding hydrogens is 289 g/mol. The number of benzene rings is 1. The monoisotopic (exact) mass is 295 g/mol.